The third-order valence-electron chi connectivity index (χ3n) is 4.93. The molecule has 2 rings (SSSR count). The molecule has 1 heterocycles. The molecule has 160 valence electrons. The number of alkyl halides is 2. The standard InChI is InChI=1S/C21H27F2NO4S/c22-21(23,16-8-4-3-5-9-16)18(25)12-11-17-13-15-29-20(28)24(17)14-7-2-1-6-10-19(26)27/h2-5,7-9,17-18,25H,1,6,10-15H2,(H,26,27)/t17-,18+/m0/s1. The number of carboxylic acids is 1. The molecule has 0 saturated carbocycles. The van der Waals surface area contributed by atoms with Crippen molar-refractivity contribution < 1.29 is 28.6 Å². The van der Waals surface area contributed by atoms with Crippen molar-refractivity contribution in [2.24, 2.45) is 0 Å². The van der Waals surface area contributed by atoms with Gasteiger partial charge in [0.1, 0.15) is 6.10 Å². The van der Waals surface area contributed by atoms with Crippen molar-refractivity contribution in [1.82, 2.24) is 4.90 Å². The van der Waals surface area contributed by atoms with Gasteiger partial charge in [0.05, 0.1) is 0 Å². The summed E-state index contributed by atoms with van der Waals surface area (Å²) in [6, 6.07) is 7.06. The van der Waals surface area contributed by atoms with Crippen molar-refractivity contribution in [2.45, 2.75) is 56.6 Å². The number of thioether (sulfide) groups is 1. The Morgan fingerprint density at radius 2 is 2.03 bits per heavy atom. The maximum Gasteiger partial charge on any atom is 0.303 e. The number of allylic oxidation sites excluding steroid dienone is 1. The number of hydrogen-bond acceptors (Lipinski definition) is 4. The summed E-state index contributed by atoms with van der Waals surface area (Å²) < 4.78 is 28.9. The second kappa shape index (κ2) is 11.3. The van der Waals surface area contributed by atoms with Crippen molar-refractivity contribution in [3.8, 4) is 0 Å². The van der Waals surface area contributed by atoms with Gasteiger partial charge in [0.25, 0.3) is 11.2 Å². The minimum absolute atomic E-state index is 0.0962. The number of aliphatic hydroxyl groups is 1. The van der Waals surface area contributed by atoms with Gasteiger partial charge in [-0.05, 0) is 32.1 Å². The van der Waals surface area contributed by atoms with Crippen LogP contribution in [0.4, 0.5) is 13.6 Å². The molecule has 0 aliphatic carbocycles. The third kappa shape index (κ3) is 7.12. The highest BCUT2D eigenvalue weighted by molar-refractivity contribution is 8.13. The van der Waals surface area contributed by atoms with Crippen LogP contribution < -0.4 is 0 Å². The molecule has 1 aromatic rings. The van der Waals surface area contributed by atoms with Crippen molar-refractivity contribution >= 4 is 23.0 Å². The molecule has 0 bridgehead atoms. The zero-order valence-electron chi connectivity index (χ0n) is 16.2. The number of carboxylic acid groups (broad SMARTS) is 1. The van der Waals surface area contributed by atoms with Gasteiger partial charge in [-0.2, -0.15) is 8.78 Å². The van der Waals surface area contributed by atoms with Crippen LogP contribution in [0.1, 0.15) is 44.1 Å². The van der Waals surface area contributed by atoms with E-state index in [1.807, 2.05) is 12.2 Å². The summed E-state index contributed by atoms with van der Waals surface area (Å²) in [5.74, 6) is -3.55. The van der Waals surface area contributed by atoms with E-state index in [0.29, 0.717) is 38.0 Å². The molecule has 0 aromatic heterocycles. The lowest BCUT2D eigenvalue weighted by Gasteiger charge is -2.35. The number of rotatable bonds is 11. The van der Waals surface area contributed by atoms with Crippen LogP contribution in [0, 0.1) is 0 Å². The zero-order chi connectivity index (χ0) is 21.3. The lowest BCUT2D eigenvalue weighted by molar-refractivity contribution is -0.137. The van der Waals surface area contributed by atoms with E-state index in [1.165, 1.54) is 36.0 Å². The fraction of sp³-hybridized carbons (Fsp3) is 0.524. The van der Waals surface area contributed by atoms with E-state index in [4.69, 9.17) is 5.11 Å². The first-order chi connectivity index (χ1) is 13.8. The lowest BCUT2D eigenvalue weighted by Crippen LogP contribution is -2.43. The van der Waals surface area contributed by atoms with Crippen molar-refractivity contribution in [3.05, 3.63) is 48.0 Å². The SMILES string of the molecule is O=C(O)CCCC=CCN1C(=O)SCC[C@@H]1CC[C@@H](O)C(F)(F)c1ccccc1. The summed E-state index contributed by atoms with van der Waals surface area (Å²) in [4.78, 5) is 24.4. The van der Waals surface area contributed by atoms with Gasteiger partial charge >= 0.3 is 5.97 Å². The summed E-state index contributed by atoms with van der Waals surface area (Å²) in [6.45, 7) is 0.356. The Kier molecular flexibility index (Phi) is 9.10. The fourth-order valence-corrected chi connectivity index (χ4v) is 4.21. The number of halogens is 2. The van der Waals surface area contributed by atoms with Gasteiger partial charge in [0.2, 0.25) is 0 Å². The highest BCUT2D eigenvalue weighted by Crippen LogP contribution is 2.35. The predicted octanol–water partition coefficient (Wildman–Crippen LogP) is 4.66. The van der Waals surface area contributed by atoms with Crippen LogP contribution in [-0.2, 0) is 10.7 Å². The largest absolute Gasteiger partial charge is 0.481 e. The van der Waals surface area contributed by atoms with Gasteiger partial charge in [-0.1, -0.05) is 54.2 Å². The first-order valence-electron chi connectivity index (χ1n) is 9.74. The van der Waals surface area contributed by atoms with Gasteiger partial charge in [-0.25, -0.2) is 0 Å². The Morgan fingerprint density at radius 3 is 2.72 bits per heavy atom. The molecule has 5 nitrogen and oxygen atoms in total. The molecule has 1 aliphatic rings. The number of carbonyl (C=O) groups excluding carboxylic acids is 1. The Balaban J connectivity index is 1.89. The first kappa shape index (κ1) is 23.3. The average Bonchev–Trinajstić information content (AvgIpc) is 2.70. The first-order valence-corrected chi connectivity index (χ1v) is 10.7. The summed E-state index contributed by atoms with van der Waals surface area (Å²) >= 11 is 1.20. The van der Waals surface area contributed by atoms with Crippen LogP contribution in [-0.4, -0.2) is 50.8 Å². The van der Waals surface area contributed by atoms with E-state index in [-0.39, 0.29) is 29.7 Å². The third-order valence-corrected chi connectivity index (χ3v) is 5.85. The van der Waals surface area contributed by atoms with Gasteiger partial charge < -0.3 is 15.1 Å². The summed E-state index contributed by atoms with van der Waals surface area (Å²) in [6.07, 6.45) is 3.94. The van der Waals surface area contributed by atoms with Gasteiger partial charge in [0.15, 0.2) is 0 Å². The van der Waals surface area contributed by atoms with Crippen LogP contribution in [0.15, 0.2) is 42.5 Å². The van der Waals surface area contributed by atoms with Crippen LogP contribution in [0.5, 0.6) is 0 Å². The molecule has 29 heavy (non-hydrogen) atoms. The Labute approximate surface area is 173 Å². The van der Waals surface area contributed by atoms with Crippen LogP contribution in [0.3, 0.4) is 0 Å². The number of unbranched alkanes of at least 4 members (excludes halogenated alkanes) is 1. The Hall–Kier alpha value is -1.93. The molecule has 0 spiro atoms. The van der Waals surface area contributed by atoms with Crippen molar-refractivity contribution in [2.75, 3.05) is 12.3 Å². The molecular weight excluding hydrogens is 400 g/mol. The number of nitrogens with zero attached hydrogens (tertiary/aromatic N) is 1. The Morgan fingerprint density at radius 1 is 1.31 bits per heavy atom. The van der Waals surface area contributed by atoms with Crippen molar-refractivity contribution in [1.29, 1.82) is 0 Å². The number of benzene rings is 1. The average molecular weight is 428 g/mol. The maximum absolute atomic E-state index is 14.5. The molecule has 8 heteroatoms. The monoisotopic (exact) mass is 427 g/mol. The van der Waals surface area contributed by atoms with Gasteiger partial charge in [0, 0.05) is 30.3 Å². The predicted molar refractivity (Wildman–Crippen MR) is 109 cm³/mol. The van der Waals surface area contributed by atoms with Gasteiger partial charge in [-0.3, -0.25) is 9.59 Å². The second-order valence-corrected chi connectivity index (χ2v) is 8.09. The summed E-state index contributed by atoms with van der Waals surface area (Å²) in [5, 5.41) is 18.6. The second-order valence-electron chi connectivity index (χ2n) is 7.05. The molecular formula is C21H27F2NO4S. The molecule has 0 unspecified atom stereocenters. The fourth-order valence-electron chi connectivity index (χ4n) is 3.26. The molecule has 1 saturated heterocycles. The van der Waals surface area contributed by atoms with Crippen LogP contribution >= 0.6 is 11.8 Å². The maximum atomic E-state index is 14.5. The van der Waals surface area contributed by atoms with Gasteiger partial charge in [-0.15, -0.1) is 0 Å². The molecule has 2 atom stereocenters. The normalized spacial score (nSPS) is 18.9. The van der Waals surface area contributed by atoms with E-state index in [0.717, 1.165) is 0 Å². The van der Waals surface area contributed by atoms with Crippen LogP contribution in [0.25, 0.3) is 0 Å². The minimum atomic E-state index is -3.34. The highest BCUT2D eigenvalue weighted by Gasteiger charge is 2.40. The van der Waals surface area contributed by atoms with E-state index in [1.54, 1.807) is 11.0 Å². The van der Waals surface area contributed by atoms with Crippen LogP contribution in [0.2, 0.25) is 0 Å². The van der Waals surface area contributed by atoms with Crippen molar-refractivity contribution in [3.63, 3.8) is 0 Å². The number of aliphatic hydroxyl groups excluding tert-OH is 1. The summed E-state index contributed by atoms with van der Waals surface area (Å²) in [7, 11) is 0. The molecule has 1 aliphatic heterocycles. The number of amides is 1. The number of carbonyl (C=O) groups is 2. The van der Waals surface area contributed by atoms with E-state index in [9.17, 15) is 23.5 Å². The molecule has 1 fully saturated rings. The smallest absolute Gasteiger partial charge is 0.303 e. The molecule has 1 aromatic carbocycles. The topological polar surface area (TPSA) is 77.8 Å². The molecule has 0 radical (unpaired) electrons. The van der Waals surface area contributed by atoms with E-state index in [2.05, 4.69) is 0 Å². The number of hydrogen-bond donors (Lipinski definition) is 2. The molecule has 2 N–H and O–H groups in total. The quantitative estimate of drug-likeness (QED) is 0.397. The lowest BCUT2D eigenvalue weighted by atomic mass is 9.96. The molecule has 1 amide bonds. The highest BCUT2D eigenvalue weighted by atomic mass is 32.2. The van der Waals surface area contributed by atoms with E-state index >= 15 is 0 Å². The Bertz CT molecular complexity index is 699. The zero-order valence-corrected chi connectivity index (χ0v) is 17.0. The van der Waals surface area contributed by atoms with E-state index < -0.39 is 18.0 Å². The summed E-state index contributed by atoms with van der Waals surface area (Å²) in [5.41, 5.74) is -0.219. The minimum Gasteiger partial charge on any atom is -0.481 e. The number of aliphatic carboxylic acids is 1.